The van der Waals surface area contributed by atoms with Crippen molar-refractivity contribution >= 4 is 58.1 Å². The number of hydrogen-bond donors (Lipinski definition) is 3. The van der Waals surface area contributed by atoms with Crippen molar-refractivity contribution in [2.75, 3.05) is 17.7 Å². The molecule has 1 saturated heterocycles. The normalized spacial score (nSPS) is 19.7. The van der Waals surface area contributed by atoms with Gasteiger partial charge in [0.25, 0.3) is 11.8 Å². The smallest absolute Gasteiger partial charge is 0.352 e. The number of nitrogens with zero attached hydrogens (tertiary/aromatic N) is 3. The van der Waals surface area contributed by atoms with Gasteiger partial charge in [-0.15, -0.1) is 23.1 Å². The lowest BCUT2D eigenvalue weighted by molar-refractivity contribution is -0.150. The van der Waals surface area contributed by atoms with Crippen LogP contribution in [0.2, 0.25) is 0 Å². The Morgan fingerprint density at radius 1 is 1.41 bits per heavy atom. The van der Waals surface area contributed by atoms with Crippen LogP contribution in [0.5, 0.6) is 0 Å². The standard InChI is InChI=1S/C21H25N5O6S2/c1-3-5-6-7-8-32-25-14(13-10-34-21(23-13)22-11-27)17(28)24-15-18(29)26-16(20(30)31)12(4-2)9-33-19(15)26/h4,10-11,15,19H,2-3,5-9H2,1H3,(H,24,28)(H,30,31)(H,22,23,27)/t15?,19-/m1/s1. The molecule has 2 atom stereocenters. The van der Waals surface area contributed by atoms with Gasteiger partial charge in [0.1, 0.15) is 29.4 Å². The van der Waals surface area contributed by atoms with Crippen LogP contribution in [0.4, 0.5) is 5.13 Å². The molecule has 1 unspecified atom stereocenters. The number of aliphatic carboxylic acids is 1. The highest BCUT2D eigenvalue weighted by Crippen LogP contribution is 2.40. The molecule has 0 saturated carbocycles. The number of carboxylic acids is 1. The van der Waals surface area contributed by atoms with Crippen LogP contribution < -0.4 is 10.6 Å². The number of carboxylic acid groups (broad SMARTS) is 1. The largest absolute Gasteiger partial charge is 0.477 e. The van der Waals surface area contributed by atoms with E-state index in [1.165, 1.54) is 23.2 Å². The summed E-state index contributed by atoms with van der Waals surface area (Å²) in [6.45, 7) is 6.02. The molecule has 3 N–H and O–H groups in total. The molecule has 3 rings (SSSR count). The molecule has 2 aliphatic rings. The van der Waals surface area contributed by atoms with Crippen LogP contribution in [0.25, 0.3) is 0 Å². The van der Waals surface area contributed by atoms with Gasteiger partial charge in [0, 0.05) is 11.1 Å². The minimum absolute atomic E-state index is 0.123. The van der Waals surface area contributed by atoms with Gasteiger partial charge in [-0.05, 0) is 18.4 Å². The molecule has 11 nitrogen and oxygen atoms in total. The molecule has 0 aliphatic carbocycles. The second kappa shape index (κ2) is 11.8. The maximum atomic E-state index is 13.1. The molecule has 182 valence electrons. The number of carbonyl (C=O) groups excluding carboxylic acids is 3. The first-order chi connectivity index (χ1) is 16.4. The fourth-order valence-corrected chi connectivity index (χ4v) is 5.41. The molecule has 0 bridgehead atoms. The van der Waals surface area contributed by atoms with Crippen LogP contribution in [0.1, 0.15) is 38.3 Å². The summed E-state index contributed by atoms with van der Waals surface area (Å²) < 4.78 is 0. The van der Waals surface area contributed by atoms with Gasteiger partial charge in [-0.2, -0.15) is 0 Å². The maximum Gasteiger partial charge on any atom is 0.352 e. The van der Waals surface area contributed by atoms with E-state index >= 15 is 0 Å². The van der Waals surface area contributed by atoms with Crippen LogP contribution >= 0.6 is 23.1 Å². The van der Waals surface area contributed by atoms with Gasteiger partial charge in [-0.3, -0.25) is 19.3 Å². The molecule has 3 amide bonds. The second-order valence-corrected chi connectivity index (χ2v) is 9.34. The Hall–Kier alpha value is -3.19. The van der Waals surface area contributed by atoms with Crippen LogP contribution in [-0.2, 0) is 24.0 Å². The second-order valence-electron chi connectivity index (χ2n) is 7.38. The summed E-state index contributed by atoms with van der Waals surface area (Å²) in [5.41, 5.74) is 0.366. The Balaban J connectivity index is 1.74. The number of fused-ring (bicyclic) bond motifs is 1. The lowest BCUT2D eigenvalue weighted by atomic mass is 10.0. The molecule has 1 aromatic rings. The van der Waals surface area contributed by atoms with E-state index in [0.29, 0.717) is 24.3 Å². The number of amides is 3. The molecular weight excluding hydrogens is 482 g/mol. The molecule has 13 heteroatoms. The third-order valence-corrected chi connectivity index (χ3v) is 7.20. The Morgan fingerprint density at radius 2 is 2.21 bits per heavy atom. The zero-order valence-electron chi connectivity index (χ0n) is 18.5. The SMILES string of the molecule is C=CC1=C(C(=O)O)N2C(=O)C(NC(=O)C(=NOCCCCCC)c3csc(NC=O)n3)[C@H]2SC1. The van der Waals surface area contributed by atoms with E-state index in [1.807, 2.05) is 0 Å². The number of nitrogens with one attached hydrogen (secondary N) is 2. The summed E-state index contributed by atoms with van der Waals surface area (Å²) in [7, 11) is 0. The van der Waals surface area contributed by atoms with Crippen molar-refractivity contribution in [2.45, 2.75) is 44.0 Å². The number of oxime groups is 1. The zero-order valence-corrected chi connectivity index (χ0v) is 20.1. The van der Waals surface area contributed by atoms with Crippen molar-refractivity contribution < 1.29 is 29.1 Å². The number of hydrogen-bond acceptors (Lipinski definition) is 9. The predicted molar refractivity (Wildman–Crippen MR) is 128 cm³/mol. The van der Waals surface area contributed by atoms with Gasteiger partial charge in [-0.25, -0.2) is 9.78 Å². The van der Waals surface area contributed by atoms with Crippen molar-refractivity contribution in [1.82, 2.24) is 15.2 Å². The molecule has 2 aliphatic heterocycles. The maximum absolute atomic E-state index is 13.1. The molecule has 0 aromatic carbocycles. The summed E-state index contributed by atoms with van der Waals surface area (Å²) in [5.74, 6) is -2.11. The monoisotopic (exact) mass is 507 g/mol. The lowest BCUT2D eigenvalue weighted by Gasteiger charge is -2.49. The highest BCUT2D eigenvalue weighted by molar-refractivity contribution is 8.00. The van der Waals surface area contributed by atoms with Gasteiger partial charge in [0.05, 0.1) is 0 Å². The van der Waals surface area contributed by atoms with Crippen molar-refractivity contribution in [2.24, 2.45) is 5.16 Å². The number of unbranched alkanes of at least 4 members (excludes halogenated alkanes) is 3. The van der Waals surface area contributed by atoms with Crippen molar-refractivity contribution in [3.8, 4) is 0 Å². The van der Waals surface area contributed by atoms with Gasteiger partial charge < -0.3 is 20.6 Å². The van der Waals surface area contributed by atoms with Crippen LogP contribution in [0.15, 0.2) is 34.5 Å². The third kappa shape index (κ3) is 5.47. The Morgan fingerprint density at radius 3 is 2.88 bits per heavy atom. The van der Waals surface area contributed by atoms with Crippen molar-refractivity contribution in [3.63, 3.8) is 0 Å². The topological polar surface area (TPSA) is 150 Å². The molecular formula is C21H25N5O6S2. The average Bonchev–Trinajstić information content (AvgIpc) is 3.29. The highest BCUT2D eigenvalue weighted by atomic mass is 32.2. The average molecular weight is 508 g/mol. The minimum Gasteiger partial charge on any atom is -0.477 e. The first-order valence-electron chi connectivity index (χ1n) is 10.6. The van der Waals surface area contributed by atoms with Crippen LogP contribution in [-0.4, -0.2) is 68.7 Å². The van der Waals surface area contributed by atoms with E-state index in [0.717, 1.165) is 41.9 Å². The molecule has 0 spiro atoms. The summed E-state index contributed by atoms with van der Waals surface area (Å²) in [4.78, 5) is 58.8. The van der Waals surface area contributed by atoms with E-state index in [-0.39, 0.29) is 22.2 Å². The predicted octanol–water partition coefficient (Wildman–Crippen LogP) is 1.94. The van der Waals surface area contributed by atoms with E-state index in [1.54, 1.807) is 0 Å². The van der Waals surface area contributed by atoms with Crippen molar-refractivity contribution in [3.05, 3.63) is 35.0 Å². The van der Waals surface area contributed by atoms with Gasteiger partial charge in [-0.1, -0.05) is 37.6 Å². The Labute approximate surface area is 204 Å². The molecule has 0 radical (unpaired) electrons. The first kappa shape index (κ1) is 25.4. The zero-order chi connectivity index (χ0) is 24.7. The Kier molecular flexibility index (Phi) is 8.82. The number of allylic oxidation sites excluding steroid dienone is 1. The molecule has 1 aromatic heterocycles. The van der Waals surface area contributed by atoms with Gasteiger partial charge in [0.2, 0.25) is 6.41 Å². The number of aromatic nitrogens is 1. The van der Waals surface area contributed by atoms with Crippen molar-refractivity contribution in [1.29, 1.82) is 0 Å². The van der Waals surface area contributed by atoms with E-state index < -0.39 is 29.2 Å². The minimum atomic E-state index is -1.23. The fraction of sp³-hybridized carbons (Fsp3) is 0.429. The summed E-state index contributed by atoms with van der Waals surface area (Å²) in [5, 5.41) is 19.8. The van der Waals surface area contributed by atoms with Gasteiger partial charge in [0.15, 0.2) is 10.8 Å². The fourth-order valence-electron chi connectivity index (χ4n) is 3.42. The first-order valence-corrected chi connectivity index (χ1v) is 12.6. The number of β-lactam (4-membered cyclic amide) rings is 1. The third-order valence-electron chi connectivity index (χ3n) is 5.12. The summed E-state index contributed by atoms with van der Waals surface area (Å²) in [6, 6.07) is -0.931. The van der Waals surface area contributed by atoms with Gasteiger partial charge >= 0.3 is 5.97 Å². The van der Waals surface area contributed by atoms with E-state index in [9.17, 15) is 24.3 Å². The number of thioether (sulfide) groups is 1. The lowest BCUT2D eigenvalue weighted by Crippen LogP contribution is -2.71. The summed E-state index contributed by atoms with van der Waals surface area (Å²) >= 11 is 2.44. The number of anilines is 1. The summed E-state index contributed by atoms with van der Waals surface area (Å²) in [6.07, 6.45) is 5.76. The van der Waals surface area contributed by atoms with E-state index in [2.05, 4.69) is 34.3 Å². The molecule has 1 fully saturated rings. The quantitative estimate of drug-likeness (QED) is 0.120. The van der Waals surface area contributed by atoms with E-state index in [4.69, 9.17) is 4.84 Å². The number of rotatable bonds is 13. The van der Waals surface area contributed by atoms with Crippen LogP contribution in [0.3, 0.4) is 0 Å². The molecule has 3 heterocycles. The number of carbonyl (C=O) groups is 4. The number of thiazole rings is 1. The highest BCUT2D eigenvalue weighted by Gasteiger charge is 2.54. The molecule has 34 heavy (non-hydrogen) atoms. The van der Waals surface area contributed by atoms with Crippen LogP contribution in [0, 0.1) is 0 Å². The Bertz CT molecular complexity index is 1040.